The van der Waals surface area contributed by atoms with Crippen LogP contribution in [0.3, 0.4) is 0 Å². The Morgan fingerprint density at radius 2 is 2.09 bits per heavy atom. The van der Waals surface area contributed by atoms with Crippen LogP contribution in [0.25, 0.3) is 6.08 Å². The largest absolute Gasteiger partial charge is 0.376 e. The summed E-state index contributed by atoms with van der Waals surface area (Å²) in [4.78, 5) is 25.5. The molecular formula is C25H30N4O3. The molecule has 1 saturated heterocycles. The molecule has 1 aliphatic rings. The first kappa shape index (κ1) is 23.3. The molecule has 1 aliphatic heterocycles. The molecule has 0 bridgehead atoms. The highest BCUT2D eigenvalue weighted by Crippen LogP contribution is 2.21. The Labute approximate surface area is 189 Å². The molecule has 0 saturated carbocycles. The second-order valence-electron chi connectivity index (χ2n) is 7.99. The van der Waals surface area contributed by atoms with E-state index in [-0.39, 0.29) is 17.6 Å². The highest BCUT2D eigenvalue weighted by molar-refractivity contribution is 6.12. The molecule has 3 rings (SSSR count). The number of aromatic nitrogens is 1. The molecule has 32 heavy (non-hydrogen) atoms. The summed E-state index contributed by atoms with van der Waals surface area (Å²) >= 11 is 0. The SMILES string of the molecule is CCCn1c(C)cc(/C=C(\C#N)C(=O)Nc2ccccc2C(=O)NCC2CCCO2)c1C. The number of anilines is 1. The lowest BCUT2D eigenvalue weighted by Gasteiger charge is -2.13. The molecule has 2 aromatic rings. The van der Waals surface area contributed by atoms with Crippen molar-refractivity contribution in [2.45, 2.75) is 52.7 Å². The highest BCUT2D eigenvalue weighted by atomic mass is 16.5. The molecule has 168 valence electrons. The standard InChI is InChI=1S/C25H30N4O3/c1-4-11-29-17(2)13-19(18(29)3)14-20(15-26)24(30)28-23-10-6-5-9-22(23)25(31)27-16-21-8-7-12-32-21/h5-6,9-10,13-14,21H,4,7-8,11-12,16H2,1-3H3,(H,27,31)(H,28,30)/b20-14+. The number of amides is 2. The van der Waals surface area contributed by atoms with E-state index in [0.29, 0.717) is 17.8 Å². The van der Waals surface area contributed by atoms with E-state index in [9.17, 15) is 14.9 Å². The highest BCUT2D eigenvalue weighted by Gasteiger charge is 2.19. The first-order chi connectivity index (χ1) is 15.4. The summed E-state index contributed by atoms with van der Waals surface area (Å²) < 4.78 is 7.71. The number of nitrogens with one attached hydrogen (secondary N) is 2. The van der Waals surface area contributed by atoms with Gasteiger partial charge in [-0.15, -0.1) is 0 Å². The third kappa shape index (κ3) is 5.45. The van der Waals surface area contributed by atoms with Gasteiger partial charge in [0, 0.05) is 31.1 Å². The fourth-order valence-corrected chi connectivity index (χ4v) is 3.93. The van der Waals surface area contributed by atoms with Crippen LogP contribution in [0.5, 0.6) is 0 Å². The zero-order valence-electron chi connectivity index (χ0n) is 18.9. The van der Waals surface area contributed by atoms with E-state index in [2.05, 4.69) is 22.1 Å². The molecule has 2 N–H and O–H groups in total. The number of carbonyl (C=O) groups is 2. The van der Waals surface area contributed by atoms with Crippen LogP contribution in [0.2, 0.25) is 0 Å². The zero-order chi connectivity index (χ0) is 23.1. The predicted octanol–water partition coefficient (Wildman–Crippen LogP) is 3.97. The van der Waals surface area contributed by atoms with Crippen molar-refractivity contribution in [3.63, 3.8) is 0 Å². The summed E-state index contributed by atoms with van der Waals surface area (Å²) in [6.07, 6.45) is 4.55. The number of carbonyl (C=O) groups excluding carboxylic acids is 2. The third-order valence-electron chi connectivity index (χ3n) is 5.66. The van der Waals surface area contributed by atoms with Gasteiger partial charge in [0.1, 0.15) is 11.6 Å². The zero-order valence-corrected chi connectivity index (χ0v) is 18.9. The van der Waals surface area contributed by atoms with Crippen LogP contribution in [0.4, 0.5) is 5.69 Å². The van der Waals surface area contributed by atoms with Crippen molar-refractivity contribution >= 4 is 23.6 Å². The summed E-state index contributed by atoms with van der Waals surface area (Å²) in [5.41, 5.74) is 3.62. The maximum Gasteiger partial charge on any atom is 0.266 e. The Balaban J connectivity index is 1.76. The van der Waals surface area contributed by atoms with E-state index in [1.807, 2.05) is 26.0 Å². The summed E-state index contributed by atoms with van der Waals surface area (Å²) in [5, 5.41) is 15.2. The monoisotopic (exact) mass is 434 g/mol. The minimum Gasteiger partial charge on any atom is -0.376 e. The third-order valence-corrected chi connectivity index (χ3v) is 5.66. The van der Waals surface area contributed by atoms with Gasteiger partial charge in [0.05, 0.1) is 17.4 Å². The molecule has 2 heterocycles. The topological polar surface area (TPSA) is 96.2 Å². The quantitative estimate of drug-likeness (QED) is 0.485. The van der Waals surface area contributed by atoms with E-state index in [0.717, 1.165) is 49.4 Å². The van der Waals surface area contributed by atoms with Gasteiger partial charge in [-0.3, -0.25) is 9.59 Å². The number of hydrogen-bond acceptors (Lipinski definition) is 4. The van der Waals surface area contributed by atoms with Gasteiger partial charge in [0.25, 0.3) is 11.8 Å². The average Bonchev–Trinajstić information content (AvgIpc) is 3.40. The number of rotatable bonds is 8. The molecule has 7 heteroatoms. The Hall–Kier alpha value is -3.37. The number of aryl methyl sites for hydroxylation is 1. The summed E-state index contributed by atoms with van der Waals surface area (Å²) in [5.74, 6) is -0.839. The van der Waals surface area contributed by atoms with Gasteiger partial charge in [0.15, 0.2) is 0 Å². The van der Waals surface area contributed by atoms with E-state index in [1.54, 1.807) is 30.3 Å². The smallest absolute Gasteiger partial charge is 0.266 e. The number of ether oxygens (including phenoxy) is 1. The Morgan fingerprint density at radius 1 is 1.31 bits per heavy atom. The van der Waals surface area contributed by atoms with Gasteiger partial charge < -0.3 is 19.9 Å². The number of benzene rings is 1. The van der Waals surface area contributed by atoms with Crippen LogP contribution in [-0.4, -0.2) is 35.6 Å². The predicted molar refractivity (Wildman–Crippen MR) is 124 cm³/mol. The van der Waals surface area contributed by atoms with E-state index in [4.69, 9.17) is 4.74 Å². The summed E-state index contributed by atoms with van der Waals surface area (Å²) in [6.45, 7) is 8.13. The second-order valence-corrected chi connectivity index (χ2v) is 7.99. The molecule has 1 atom stereocenters. The van der Waals surface area contributed by atoms with Crippen LogP contribution in [0.15, 0.2) is 35.9 Å². The minimum absolute atomic E-state index is 0.0173. The molecule has 1 aromatic carbocycles. The van der Waals surface area contributed by atoms with Gasteiger partial charge >= 0.3 is 0 Å². The van der Waals surface area contributed by atoms with Crippen molar-refractivity contribution in [2.24, 2.45) is 0 Å². The average molecular weight is 435 g/mol. The Bertz CT molecular complexity index is 1060. The molecule has 2 amide bonds. The van der Waals surface area contributed by atoms with Gasteiger partial charge in [0.2, 0.25) is 0 Å². The van der Waals surface area contributed by atoms with Gasteiger partial charge in [-0.25, -0.2) is 0 Å². The number of para-hydroxylation sites is 1. The van der Waals surface area contributed by atoms with Crippen LogP contribution < -0.4 is 10.6 Å². The number of nitriles is 1. The van der Waals surface area contributed by atoms with Crippen LogP contribution in [-0.2, 0) is 16.1 Å². The van der Waals surface area contributed by atoms with Crippen molar-refractivity contribution in [2.75, 3.05) is 18.5 Å². The van der Waals surface area contributed by atoms with Crippen LogP contribution in [0, 0.1) is 25.2 Å². The first-order valence-corrected chi connectivity index (χ1v) is 11.0. The van der Waals surface area contributed by atoms with Gasteiger partial charge in [-0.05, 0) is 62.9 Å². The first-order valence-electron chi connectivity index (χ1n) is 11.0. The molecule has 1 aromatic heterocycles. The Kier molecular flexibility index (Phi) is 7.85. The van der Waals surface area contributed by atoms with Crippen molar-refractivity contribution in [3.8, 4) is 6.07 Å². The van der Waals surface area contributed by atoms with Gasteiger partial charge in [-0.2, -0.15) is 5.26 Å². The maximum atomic E-state index is 12.9. The Morgan fingerprint density at radius 3 is 2.78 bits per heavy atom. The molecule has 0 aliphatic carbocycles. The summed E-state index contributed by atoms with van der Waals surface area (Å²) in [6, 6.07) is 10.7. The van der Waals surface area contributed by atoms with E-state index < -0.39 is 5.91 Å². The second kappa shape index (κ2) is 10.8. The summed E-state index contributed by atoms with van der Waals surface area (Å²) in [7, 11) is 0. The minimum atomic E-state index is -0.549. The molecular weight excluding hydrogens is 404 g/mol. The molecule has 1 unspecified atom stereocenters. The van der Waals surface area contributed by atoms with E-state index >= 15 is 0 Å². The van der Waals surface area contributed by atoms with Crippen LogP contribution in [0.1, 0.15) is 53.5 Å². The van der Waals surface area contributed by atoms with Crippen molar-refractivity contribution in [1.29, 1.82) is 5.26 Å². The van der Waals surface area contributed by atoms with Crippen LogP contribution >= 0.6 is 0 Å². The number of hydrogen-bond donors (Lipinski definition) is 2. The maximum absolute atomic E-state index is 12.9. The fraction of sp³-hybridized carbons (Fsp3) is 0.400. The van der Waals surface area contributed by atoms with Gasteiger partial charge in [-0.1, -0.05) is 19.1 Å². The molecule has 7 nitrogen and oxygen atoms in total. The lowest BCUT2D eigenvalue weighted by Crippen LogP contribution is -2.32. The molecule has 1 fully saturated rings. The van der Waals surface area contributed by atoms with Crippen molar-refractivity contribution in [3.05, 3.63) is 58.4 Å². The lowest BCUT2D eigenvalue weighted by molar-refractivity contribution is -0.112. The molecule has 0 spiro atoms. The molecule has 0 radical (unpaired) electrons. The normalized spacial score (nSPS) is 15.9. The fourth-order valence-electron chi connectivity index (χ4n) is 3.93. The van der Waals surface area contributed by atoms with Crippen molar-refractivity contribution in [1.82, 2.24) is 9.88 Å². The number of nitrogens with zero attached hydrogens (tertiary/aromatic N) is 2. The van der Waals surface area contributed by atoms with Crippen molar-refractivity contribution < 1.29 is 14.3 Å². The lowest BCUT2D eigenvalue weighted by atomic mass is 10.1. The van der Waals surface area contributed by atoms with E-state index in [1.165, 1.54) is 0 Å².